The van der Waals surface area contributed by atoms with Crippen LogP contribution < -0.4 is 15.8 Å². The SMILES string of the molecule is CN/C1=N\C(=N)C(CN)(c2cccc(CC(C)C(=O)O)c2)CCCC(C)(C)CSCCc2c(c(F)cc3[nH]ccc23)Oc2ccc(F)c1c2. The fraction of sp³-hybridized carbons (Fsp3) is 0.395. The number of rotatable bonds is 5. The predicted octanol–water partition coefficient (Wildman–Crippen LogP) is 7.83. The van der Waals surface area contributed by atoms with Crippen LogP contribution in [0.5, 0.6) is 11.5 Å². The van der Waals surface area contributed by atoms with Gasteiger partial charge in [-0.2, -0.15) is 11.8 Å². The average molecular weight is 690 g/mol. The number of aryl methyl sites for hydroxylation is 1. The minimum absolute atomic E-state index is 0.0481. The third kappa shape index (κ3) is 7.99. The van der Waals surface area contributed by atoms with Crippen molar-refractivity contribution in [2.24, 2.45) is 22.1 Å². The number of thioether (sulfide) groups is 1. The minimum atomic E-state index is -1.03. The molecule has 49 heavy (non-hydrogen) atoms. The smallest absolute Gasteiger partial charge is 0.306 e. The van der Waals surface area contributed by atoms with Crippen LogP contribution in [0.4, 0.5) is 8.78 Å². The lowest BCUT2D eigenvalue weighted by atomic mass is 9.73. The molecule has 2 atom stereocenters. The Bertz CT molecular complexity index is 1870. The second-order valence-corrected chi connectivity index (χ2v) is 14.8. The van der Waals surface area contributed by atoms with Gasteiger partial charge < -0.3 is 25.9 Å². The number of carboxylic acids is 1. The summed E-state index contributed by atoms with van der Waals surface area (Å²) in [6.07, 6.45) is 4.77. The molecule has 3 aromatic carbocycles. The van der Waals surface area contributed by atoms with Gasteiger partial charge in [-0.3, -0.25) is 10.2 Å². The van der Waals surface area contributed by atoms with Crippen LogP contribution in [0, 0.1) is 28.4 Å². The number of ether oxygens (including phenoxy) is 1. The molecule has 2 heterocycles. The Hall–Kier alpha value is -4.22. The second kappa shape index (κ2) is 15.1. The van der Waals surface area contributed by atoms with Crippen LogP contribution in [-0.4, -0.2) is 52.8 Å². The molecule has 0 saturated heterocycles. The first-order valence-corrected chi connectivity index (χ1v) is 17.7. The third-order valence-corrected chi connectivity index (χ3v) is 10.9. The van der Waals surface area contributed by atoms with Crippen LogP contribution in [-0.2, 0) is 23.1 Å². The summed E-state index contributed by atoms with van der Waals surface area (Å²) < 4.78 is 37.3. The van der Waals surface area contributed by atoms with Gasteiger partial charge in [-0.15, -0.1) is 0 Å². The Morgan fingerprint density at radius 1 is 1.16 bits per heavy atom. The number of aliphatic imine (C=N–C) groups is 1. The number of aromatic nitrogens is 1. The van der Waals surface area contributed by atoms with Crippen LogP contribution in [0.15, 0.2) is 65.8 Å². The van der Waals surface area contributed by atoms with Crippen molar-refractivity contribution in [3.8, 4) is 11.5 Å². The number of aromatic amines is 1. The van der Waals surface area contributed by atoms with E-state index in [1.54, 1.807) is 31.9 Å². The lowest BCUT2D eigenvalue weighted by molar-refractivity contribution is -0.141. The molecule has 0 aliphatic carbocycles. The van der Waals surface area contributed by atoms with E-state index in [-0.39, 0.29) is 40.7 Å². The molecule has 0 saturated carbocycles. The standard InChI is InChI=1S/C38H45F2N5O3S/c1-23(35(46)47)17-24-7-5-8-25(18-24)38(21-41)14-6-13-37(2,3)22-49-16-12-28-27-11-15-44-32(27)20-31(40)33(28)48-26-9-10-30(39)29(19-26)34(43-4)45-36(38)42/h5,7-11,15,18-20,23,44H,6,12-14,16-17,21-22,41H2,1-4H3,(H,46,47)(H2,42,43,45). The van der Waals surface area contributed by atoms with E-state index in [0.29, 0.717) is 24.8 Å². The zero-order valence-electron chi connectivity index (χ0n) is 28.5. The van der Waals surface area contributed by atoms with Crippen LogP contribution in [0.1, 0.15) is 62.3 Å². The maximum absolute atomic E-state index is 15.6. The molecule has 0 fully saturated rings. The number of nitrogens with two attached hydrogens (primary N) is 1. The zero-order valence-corrected chi connectivity index (χ0v) is 29.3. The van der Waals surface area contributed by atoms with E-state index in [0.717, 1.165) is 46.4 Å². The van der Waals surface area contributed by atoms with E-state index >= 15 is 8.78 Å². The number of hydrogen-bond donors (Lipinski definition) is 5. The Morgan fingerprint density at radius 3 is 2.69 bits per heavy atom. The zero-order chi connectivity index (χ0) is 35.3. The molecule has 11 heteroatoms. The van der Waals surface area contributed by atoms with Crippen molar-refractivity contribution in [1.82, 2.24) is 10.3 Å². The molecule has 260 valence electrons. The van der Waals surface area contributed by atoms with Gasteiger partial charge in [0.05, 0.1) is 16.9 Å². The largest absolute Gasteiger partial charge is 0.481 e. The number of benzene rings is 3. The highest BCUT2D eigenvalue weighted by molar-refractivity contribution is 7.99. The number of amidine groups is 2. The second-order valence-electron chi connectivity index (χ2n) is 13.7. The fourth-order valence-electron chi connectivity index (χ4n) is 6.54. The summed E-state index contributed by atoms with van der Waals surface area (Å²) in [5.74, 6) is -0.605. The van der Waals surface area contributed by atoms with Crippen molar-refractivity contribution in [3.63, 3.8) is 0 Å². The highest BCUT2D eigenvalue weighted by atomic mass is 32.2. The summed E-state index contributed by atoms with van der Waals surface area (Å²) >= 11 is 1.80. The molecule has 1 aliphatic heterocycles. The first-order chi connectivity index (χ1) is 23.4. The summed E-state index contributed by atoms with van der Waals surface area (Å²) in [4.78, 5) is 19.4. The van der Waals surface area contributed by atoms with Gasteiger partial charge in [-0.1, -0.05) is 51.5 Å². The van der Waals surface area contributed by atoms with Crippen molar-refractivity contribution < 1.29 is 23.4 Å². The lowest BCUT2D eigenvalue weighted by Gasteiger charge is -2.34. The molecule has 1 aromatic heterocycles. The highest BCUT2D eigenvalue weighted by Gasteiger charge is 2.37. The van der Waals surface area contributed by atoms with Crippen LogP contribution in [0.25, 0.3) is 10.9 Å². The van der Waals surface area contributed by atoms with E-state index in [4.69, 9.17) is 10.5 Å². The van der Waals surface area contributed by atoms with Gasteiger partial charge in [0.1, 0.15) is 23.2 Å². The van der Waals surface area contributed by atoms with Crippen molar-refractivity contribution in [2.75, 3.05) is 25.1 Å². The Labute approximate surface area is 290 Å². The first-order valence-electron chi connectivity index (χ1n) is 16.6. The van der Waals surface area contributed by atoms with Gasteiger partial charge in [0.15, 0.2) is 11.6 Å². The summed E-state index contributed by atoms with van der Waals surface area (Å²) in [5, 5.41) is 22.8. The fourth-order valence-corrected chi connectivity index (χ4v) is 7.73. The normalized spacial score (nSPS) is 20.6. The van der Waals surface area contributed by atoms with Gasteiger partial charge in [0, 0.05) is 42.3 Å². The van der Waals surface area contributed by atoms with Crippen molar-refractivity contribution >= 4 is 40.3 Å². The van der Waals surface area contributed by atoms with Crippen LogP contribution >= 0.6 is 11.8 Å². The molecule has 8 nitrogen and oxygen atoms in total. The summed E-state index contributed by atoms with van der Waals surface area (Å²) in [7, 11) is 1.60. The number of nitrogens with one attached hydrogen (secondary N) is 3. The van der Waals surface area contributed by atoms with Crippen molar-refractivity contribution in [1.29, 1.82) is 5.41 Å². The van der Waals surface area contributed by atoms with Crippen molar-refractivity contribution in [2.45, 2.75) is 58.3 Å². The quantitative estimate of drug-likeness (QED) is 0.145. The predicted molar refractivity (Wildman–Crippen MR) is 194 cm³/mol. The first kappa shape index (κ1) is 36.1. The number of fused-ring (bicyclic) bond motifs is 5. The Balaban J connectivity index is 1.63. The van der Waals surface area contributed by atoms with Gasteiger partial charge in [0.2, 0.25) is 0 Å². The summed E-state index contributed by atoms with van der Waals surface area (Å²) in [6, 6.07) is 15.0. The highest BCUT2D eigenvalue weighted by Crippen LogP contribution is 2.39. The van der Waals surface area contributed by atoms with E-state index in [9.17, 15) is 15.3 Å². The molecular formula is C38H45F2N5O3S. The molecular weight excluding hydrogens is 645 g/mol. The number of nitrogens with zero attached hydrogens (tertiary/aromatic N) is 1. The molecule has 0 amide bonds. The molecule has 5 rings (SSSR count). The molecule has 2 bridgehead atoms. The molecule has 2 unspecified atom stereocenters. The number of carbonyl (C=O) groups is 1. The maximum Gasteiger partial charge on any atom is 0.306 e. The number of H-pyrrole nitrogens is 1. The topological polar surface area (TPSA) is 137 Å². The van der Waals surface area contributed by atoms with E-state index in [2.05, 4.69) is 29.1 Å². The third-order valence-electron chi connectivity index (χ3n) is 9.43. The molecule has 6 N–H and O–H groups in total. The lowest BCUT2D eigenvalue weighted by Crippen LogP contribution is -2.43. The van der Waals surface area contributed by atoms with Crippen molar-refractivity contribution in [3.05, 3.63) is 94.7 Å². The van der Waals surface area contributed by atoms with E-state index in [1.807, 2.05) is 30.3 Å². The number of halogens is 2. The number of hydrogen-bond acceptors (Lipinski definition) is 6. The maximum atomic E-state index is 15.6. The minimum Gasteiger partial charge on any atom is -0.481 e. The molecule has 1 aliphatic rings. The Kier molecular flexibility index (Phi) is 11.1. The summed E-state index contributed by atoms with van der Waals surface area (Å²) in [6.45, 7) is 6.16. The van der Waals surface area contributed by atoms with Gasteiger partial charge in [0.25, 0.3) is 0 Å². The van der Waals surface area contributed by atoms with Crippen LogP contribution in [0.2, 0.25) is 0 Å². The molecule has 0 radical (unpaired) electrons. The molecule has 0 spiro atoms. The van der Waals surface area contributed by atoms with Gasteiger partial charge in [-0.25, -0.2) is 13.8 Å². The Morgan fingerprint density at radius 2 is 1.96 bits per heavy atom. The van der Waals surface area contributed by atoms with E-state index in [1.165, 1.54) is 24.3 Å². The van der Waals surface area contributed by atoms with Gasteiger partial charge in [-0.05, 0) is 78.0 Å². The number of aliphatic carboxylic acids is 1. The average Bonchev–Trinajstić information content (AvgIpc) is 3.53. The molecule has 4 aromatic rings. The number of carboxylic acid groups (broad SMARTS) is 1. The summed E-state index contributed by atoms with van der Waals surface area (Å²) in [5.41, 5.74) is 8.53. The van der Waals surface area contributed by atoms with E-state index < -0.39 is 28.9 Å². The van der Waals surface area contributed by atoms with Crippen LogP contribution in [0.3, 0.4) is 0 Å². The van der Waals surface area contributed by atoms with Gasteiger partial charge >= 0.3 is 5.97 Å². The monoisotopic (exact) mass is 689 g/mol.